The van der Waals surface area contributed by atoms with Crippen LogP contribution < -0.4 is 5.32 Å². The maximum atomic E-state index is 5.90. The molecule has 1 fully saturated rings. The van der Waals surface area contributed by atoms with Gasteiger partial charge in [0.05, 0.1) is 6.10 Å². The van der Waals surface area contributed by atoms with Crippen molar-refractivity contribution in [1.82, 2.24) is 5.32 Å². The molecule has 17 heavy (non-hydrogen) atoms. The molecule has 1 aromatic heterocycles. The van der Waals surface area contributed by atoms with E-state index < -0.39 is 0 Å². The largest absolute Gasteiger partial charge is 0.376 e. The molecule has 1 saturated heterocycles. The highest BCUT2D eigenvalue weighted by atomic mass is 79.9. The van der Waals surface area contributed by atoms with Crippen LogP contribution in [0.2, 0.25) is 0 Å². The number of halogens is 1. The summed E-state index contributed by atoms with van der Waals surface area (Å²) in [6, 6.07) is 2.56. The molecule has 1 aromatic rings. The van der Waals surface area contributed by atoms with Gasteiger partial charge in [0, 0.05) is 28.4 Å². The Hall–Kier alpha value is 0.1000. The van der Waals surface area contributed by atoms with Gasteiger partial charge in [-0.1, -0.05) is 13.8 Å². The van der Waals surface area contributed by atoms with Gasteiger partial charge in [0.1, 0.15) is 0 Å². The van der Waals surface area contributed by atoms with Gasteiger partial charge in [-0.05, 0) is 46.3 Å². The Bertz CT molecular complexity index is 355. The summed E-state index contributed by atoms with van der Waals surface area (Å²) in [5.74, 6) is 0.665. The average Bonchev–Trinajstić information content (AvgIpc) is 2.88. The second-order valence-electron chi connectivity index (χ2n) is 4.66. The van der Waals surface area contributed by atoms with Crippen LogP contribution in [0.3, 0.4) is 0 Å². The molecular formula is C13H20BrNOS. The Morgan fingerprint density at radius 1 is 1.65 bits per heavy atom. The number of hydrogen-bond acceptors (Lipinski definition) is 3. The summed E-state index contributed by atoms with van der Waals surface area (Å²) in [6.07, 6.45) is 2.61. The molecule has 2 rings (SSSR count). The van der Waals surface area contributed by atoms with E-state index in [1.165, 1.54) is 15.8 Å². The molecule has 1 aliphatic rings. The molecule has 0 aromatic carbocycles. The minimum atomic E-state index is 0.365. The van der Waals surface area contributed by atoms with Gasteiger partial charge >= 0.3 is 0 Å². The molecule has 2 heterocycles. The summed E-state index contributed by atoms with van der Waals surface area (Å²) in [7, 11) is 0. The van der Waals surface area contributed by atoms with E-state index in [9.17, 15) is 0 Å². The number of ether oxygens (including phenoxy) is 1. The van der Waals surface area contributed by atoms with Crippen molar-refractivity contribution in [3.05, 3.63) is 20.8 Å². The highest BCUT2D eigenvalue weighted by Crippen LogP contribution is 2.29. The lowest BCUT2D eigenvalue weighted by Crippen LogP contribution is -2.43. The van der Waals surface area contributed by atoms with Gasteiger partial charge in [0.15, 0.2) is 0 Å². The van der Waals surface area contributed by atoms with Crippen LogP contribution in [0.25, 0.3) is 0 Å². The first kappa shape index (κ1) is 13.5. The lowest BCUT2D eigenvalue weighted by atomic mass is 9.95. The summed E-state index contributed by atoms with van der Waals surface area (Å²) < 4.78 is 7.13. The van der Waals surface area contributed by atoms with Crippen molar-refractivity contribution in [2.24, 2.45) is 5.92 Å². The molecule has 0 aliphatic carbocycles. The molecule has 0 spiro atoms. The second kappa shape index (κ2) is 6.32. The van der Waals surface area contributed by atoms with Crippen molar-refractivity contribution in [3.8, 4) is 0 Å². The first-order valence-electron chi connectivity index (χ1n) is 6.29. The highest BCUT2D eigenvalue weighted by Gasteiger charge is 2.32. The standard InChI is InChI=1S/C13H20BrNOS/c1-3-15-11(13-9(2)4-6-16-13)8-12-10(14)5-7-17-12/h5,7,9,11,13,15H,3-4,6,8H2,1-2H3. The van der Waals surface area contributed by atoms with Crippen LogP contribution in [0.5, 0.6) is 0 Å². The van der Waals surface area contributed by atoms with Crippen molar-refractivity contribution >= 4 is 27.3 Å². The highest BCUT2D eigenvalue weighted by molar-refractivity contribution is 9.10. The summed E-state index contributed by atoms with van der Waals surface area (Å²) in [6.45, 7) is 6.38. The SMILES string of the molecule is CCNC(Cc1sccc1Br)C1OCCC1C. The van der Waals surface area contributed by atoms with Gasteiger partial charge in [-0.25, -0.2) is 0 Å². The zero-order valence-electron chi connectivity index (χ0n) is 10.4. The van der Waals surface area contributed by atoms with Crippen LogP contribution in [0, 0.1) is 5.92 Å². The average molecular weight is 318 g/mol. The van der Waals surface area contributed by atoms with E-state index >= 15 is 0 Å². The molecule has 96 valence electrons. The van der Waals surface area contributed by atoms with E-state index in [1.807, 2.05) is 11.3 Å². The van der Waals surface area contributed by atoms with E-state index in [1.54, 1.807) is 0 Å². The minimum Gasteiger partial charge on any atom is -0.376 e. The third-order valence-electron chi connectivity index (χ3n) is 3.40. The second-order valence-corrected chi connectivity index (χ2v) is 6.52. The Balaban J connectivity index is 2.04. The lowest BCUT2D eigenvalue weighted by molar-refractivity contribution is 0.0617. The zero-order chi connectivity index (χ0) is 12.3. The fourth-order valence-corrected chi connectivity index (χ4v) is 4.04. The van der Waals surface area contributed by atoms with Crippen LogP contribution in [0.4, 0.5) is 0 Å². The number of rotatable bonds is 5. The van der Waals surface area contributed by atoms with Crippen molar-refractivity contribution in [3.63, 3.8) is 0 Å². The van der Waals surface area contributed by atoms with Gasteiger partial charge in [0.25, 0.3) is 0 Å². The Labute approximate surface area is 116 Å². The van der Waals surface area contributed by atoms with Crippen LogP contribution in [0.1, 0.15) is 25.1 Å². The van der Waals surface area contributed by atoms with E-state index in [0.29, 0.717) is 18.1 Å². The third kappa shape index (κ3) is 3.31. The van der Waals surface area contributed by atoms with Gasteiger partial charge in [-0.2, -0.15) is 0 Å². The molecule has 0 amide bonds. The first-order chi connectivity index (χ1) is 8.22. The minimum absolute atomic E-state index is 0.365. The number of thiophene rings is 1. The topological polar surface area (TPSA) is 21.3 Å². The molecule has 3 atom stereocenters. The number of likely N-dealkylation sites (N-methyl/N-ethyl adjacent to an activating group) is 1. The quantitative estimate of drug-likeness (QED) is 0.898. The fraction of sp³-hybridized carbons (Fsp3) is 0.692. The van der Waals surface area contributed by atoms with Crippen molar-refractivity contribution in [1.29, 1.82) is 0 Å². The first-order valence-corrected chi connectivity index (χ1v) is 7.96. The van der Waals surface area contributed by atoms with Crippen LogP contribution in [0.15, 0.2) is 15.9 Å². The normalized spacial score (nSPS) is 26.3. The molecule has 0 bridgehead atoms. The number of nitrogens with one attached hydrogen (secondary N) is 1. The summed E-state index contributed by atoms with van der Waals surface area (Å²) in [5, 5.41) is 5.72. The zero-order valence-corrected chi connectivity index (χ0v) is 12.8. The maximum Gasteiger partial charge on any atom is 0.0757 e. The van der Waals surface area contributed by atoms with Gasteiger partial charge in [-0.3, -0.25) is 0 Å². The van der Waals surface area contributed by atoms with E-state index in [-0.39, 0.29) is 0 Å². The summed E-state index contributed by atoms with van der Waals surface area (Å²) in [5.41, 5.74) is 0. The molecule has 0 saturated carbocycles. The van der Waals surface area contributed by atoms with Crippen LogP contribution >= 0.6 is 27.3 Å². The molecule has 2 nitrogen and oxygen atoms in total. The third-order valence-corrected chi connectivity index (χ3v) is 5.35. The molecule has 1 N–H and O–H groups in total. The molecular weight excluding hydrogens is 298 g/mol. The molecule has 4 heteroatoms. The van der Waals surface area contributed by atoms with E-state index in [0.717, 1.165) is 19.6 Å². The van der Waals surface area contributed by atoms with Crippen molar-refractivity contribution in [2.45, 2.75) is 38.8 Å². The van der Waals surface area contributed by atoms with Crippen molar-refractivity contribution < 1.29 is 4.74 Å². The Kier molecular flexibility index (Phi) is 5.03. The maximum absolute atomic E-state index is 5.90. The van der Waals surface area contributed by atoms with Crippen LogP contribution in [-0.2, 0) is 11.2 Å². The van der Waals surface area contributed by atoms with Gasteiger partial charge < -0.3 is 10.1 Å². The van der Waals surface area contributed by atoms with Gasteiger partial charge in [-0.15, -0.1) is 11.3 Å². The van der Waals surface area contributed by atoms with Crippen molar-refractivity contribution in [2.75, 3.05) is 13.2 Å². The molecule has 0 radical (unpaired) electrons. The predicted molar refractivity (Wildman–Crippen MR) is 76.7 cm³/mol. The molecule has 1 aliphatic heterocycles. The summed E-state index contributed by atoms with van der Waals surface area (Å²) >= 11 is 5.43. The lowest BCUT2D eigenvalue weighted by Gasteiger charge is -2.26. The fourth-order valence-electron chi connectivity index (χ4n) is 2.47. The van der Waals surface area contributed by atoms with Gasteiger partial charge in [0.2, 0.25) is 0 Å². The number of hydrogen-bond donors (Lipinski definition) is 1. The smallest absolute Gasteiger partial charge is 0.0757 e. The molecule has 3 unspecified atom stereocenters. The Morgan fingerprint density at radius 3 is 3.00 bits per heavy atom. The van der Waals surface area contributed by atoms with E-state index in [2.05, 4.69) is 46.5 Å². The monoisotopic (exact) mass is 317 g/mol. The summed E-state index contributed by atoms with van der Waals surface area (Å²) in [4.78, 5) is 1.42. The van der Waals surface area contributed by atoms with E-state index in [4.69, 9.17) is 4.74 Å². The van der Waals surface area contributed by atoms with Crippen LogP contribution in [-0.4, -0.2) is 25.3 Å². The Morgan fingerprint density at radius 2 is 2.47 bits per heavy atom. The predicted octanol–water partition coefficient (Wildman–Crippen LogP) is 3.46.